The van der Waals surface area contributed by atoms with Gasteiger partial charge in [0.15, 0.2) is 0 Å². The van der Waals surface area contributed by atoms with Crippen LogP contribution in [0.4, 0.5) is 0 Å². The Bertz CT molecular complexity index is 552. The van der Waals surface area contributed by atoms with Crippen LogP contribution in [0.15, 0.2) is 71.5 Å². The molecular weight excluding hydrogens is 256 g/mol. The second kappa shape index (κ2) is 5.01. The molecule has 1 heterocycles. The van der Waals surface area contributed by atoms with Crippen LogP contribution in [0, 0.1) is 0 Å². The molecule has 0 radical (unpaired) electrons. The standard InChI is InChI=1S/C12H8.C4H4S2/c1-2-6-10-9(5-1)11-7-3-4-8-12(10)11;5-6-3-1-2-4-6/h1-8H;1-4H. The molecule has 2 aliphatic rings. The highest BCUT2D eigenvalue weighted by Crippen LogP contribution is 2.46. The first-order chi connectivity index (χ1) is 8.86. The maximum atomic E-state index is 4.86. The zero-order valence-corrected chi connectivity index (χ0v) is 11.4. The average Bonchev–Trinajstić information content (AvgIpc) is 2.88. The van der Waals surface area contributed by atoms with Crippen LogP contribution in [0.25, 0.3) is 22.3 Å². The summed E-state index contributed by atoms with van der Waals surface area (Å²) in [6.07, 6.45) is 3.96. The van der Waals surface area contributed by atoms with Crippen LogP contribution in [-0.2, 0) is 20.6 Å². The van der Waals surface area contributed by atoms with Crippen LogP contribution in [0.3, 0.4) is 0 Å². The average molecular weight is 268 g/mol. The molecule has 4 rings (SSSR count). The first-order valence-electron chi connectivity index (χ1n) is 5.79. The molecule has 0 unspecified atom stereocenters. The highest BCUT2D eigenvalue weighted by atomic mass is 32.8. The molecule has 0 nitrogen and oxygen atoms in total. The number of benzene rings is 2. The van der Waals surface area contributed by atoms with Gasteiger partial charge in [0.1, 0.15) is 0 Å². The molecule has 18 heavy (non-hydrogen) atoms. The summed E-state index contributed by atoms with van der Waals surface area (Å²) in [6, 6.07) is 17.1. The largest absolute Gasteiger partial charge is 0.0733 e. The highest BCUT2D eigenvalue weighted by Gasteiger charge is 2.19. The molecule has 1 aliphatic heterocycles. The summed E-state index contributed by atoms with van der Waals surface area (Å²) in [6.45, 7) is 0. The van der Waals surface area contributed by atoms with Gasteiger partial charge in [-0.05, 0) is 44.3 Å². The van der Waals surface area contributed by atoms with Crippen molar-refractivity contribution in [3.63, 3.8) is 0 Å². The van der Waals surface area contributed by atoms with E-state index in [0.29, 0.717) is 0 Å². The summed E-state index contributed by atoms with van der Waals surface area (Å²) in [4.78, 5) is 0. The van der Waals surface area contributed by atoms with Gasteiger partial charge in [0.05, 0.1) is 0 Å². The van der Waals surface area contributed by atoms with E-state index in [0.717, 1.165) is 0 Å². The molecule has 0 fully saturated rings. The fourth-order valence-corrected chi connectivity index (χ4v) is 3.10. The molecule has 2 heteroatoms. The third kappa shape index (κ3) is 2.09. The minimum absolute atomic E-state index is 0.0494. The number of fused-ring (bicyclic) bond motifs is 4. The van der Waals surface area contributed by atoms with Gasteiger partial charge in [-0.15, -0.1) is 0 Å². The Balaban J connectivity index is 0.000000142. The van der Waals surface area contributed by atoms with Gasteiger partial charge in [-0.2, -0.15) is 0 Å². The number of hydrogen-bond donors (Lipinski definition) is 0. The Hall–Kier alpha value is -1.51. The van der Waals surface area contributed by atoms with Crippen molar-refractivity contribution in [2.45, 2.75) is 0 Å². The van der Waals surface area contributed by atoms with Crippen molar-refractivity contribution in [2.75, 3.05) is 0 Å². The van der Waals surface area contributed by atoms with Gasteiger partial charge in [0.2, 0.25) is 0 Å². The Morgan fingerprint density at radius 2 is 0.944 bits per heavy atom. The maximum Gasteiger partial charge on any atom is -0.00990 e. The first kappa shape index (κ1) is 11.6. The summed E-state index contributed by atoms with van der Waals surface area (Å²) in [5, 5.41) is 4.02. The van der Waals surface area contributed by atoms with Crippen LogP contribution in [-0.4, -0.2) is 0 Å². The van der Waals surface area contributed by atoms with Gasteiger partial charge in [-0.3, -0.25) is 0 Å². The molecule has 0 bridgehead atoms. The molecule has 88 valence electrons. The van der Waals surface area contributed by atoms with E-state index in [1.807, 2.05) is 23.0 Å². The summed E-state index contributed by atoms with van der Waals surface area (Å²) in [5.74, 6) is 0. The van der Waals surface area contributed by atoms with Crippen molar-refractivity contribution in [3.8, 4) is 22.3 Å². The van der Waals surface area contributed by atoms with Crippen LogP contribution in [0.2, 0.25) is 0 Å². The summed E-state index contributed by atoms with van der Waals surface area (Å²) < 4.78 is 0. The van der Waals surface area contributed by atoms with Crippen LogP contribution in [0.1, 0.15) is 0 Å². The summed E-state index contributed by atoms with van der Waals surface area (Å²) >= 11 is 4.86. The van der Waals surface area contributed by atoms with E-state index in [9.17, 15) is 0 Å². The third-order valence-electron chi connectivity index (χ3n) is 2.97. The summed E-state index contributed by atoms with van der Waals surface area (Å²) in [7, 11) is 0.0494. The molecule has 0 N–H and O–H groups in total. The second-order valence-electron chi connectivity index (χ2n) is 4.08. The molecule has 0 saturated carbocycles. The molecule has 0 amide bonds. The van der Waals surface area contributed by atoms with Gasteiger partial charge in [-0.25, -0.2) is 0 Å². The monoisotopic (exact) mass is 268 g/mol. The van der Waals surface area contributed by atoms with Crippen LogP contribution >= 0.6 is 0 Å². The first-order valence-corrected chi connectivity index (χ1v) is 8.07. The topological polar surface area (TPSA) is 0 Å². The van der Waals surface area contributed by atoms with Gasteiger partial charge >= 0.3 is 0 Å². The Labute approximate surface area is 114 Å². The Morgan fingerprint density at radius 1 is 0.611 bits per heavy atom. The van der Waals surface area contributed by atoms with Crippen molar-refractivity contribution in [2.24, 2.45) is 0 Å². The van der Waals surface area contributed by atoms with E-state index in [4.69, 9.17) is 11.2 Å². The number of rotatable bonds is 0. The molecule has 0 aromatic heterocycles. The number of hydrogen-bond acceptors (Lipinski definition) is 1. The lowest BCUT2D eigenvalue weighted by atomic mass is 9.81. The van der Waals surface area contributed by atoms with Gasteiger partial charge in [0, 0.05) is 0 Å². The van der Waals surface area contributed by atoms with Crippen LogP contribution in [0.5, 0.6) is 0 Å². The van der Waals surface area contributed by atoms with Crippen molar-refractivity contribution in [1.29, 1.82) is 0 Å². The van der Waals surface area contributed by atoms with Gasteiger partial charge in [0.25, 0.3) is 0 Å². The van der Waals surface area contributed by atoms with Crippen molar-refractivity contribution in [3.05, 3.63) is 71.5 Å². The van der Waals surface area contributed by atoms with Crippen molar-refractivity contribution < 1.29 is 0 Å². The molecule has 1 aliphatic carbocycles. The molecular formula is C16H12S2. The fourth-order valence-electron chi connectivity index (χ4n) is 2.13. The Kier molecular flexibility index (Phi) is 3.22. The van der Waals surface area contributed by atoms with E-state index in [1.165, 1.54) is 22.3 Å². The van der Waals surface area contributed by atoms with E-state index >= 15 is 0 Å². The summed E-state index contributed by atoms with van der Waals surface area (Å²) in [5.41, 5.74) is 5.59. The molecule has 2 aromatic carbocycles. The van der Waals surface area contributed by atoms with Crippen molar-refractivity contribution >= 4 is 20.6 Å². The molecule has 2 aromatic rings. The quantitative estimate of drug-likeness (QED) is 0.581. The van der Waals surface area contributed by atoms with E-state index in [2.05, 4.69) is 48.5 Å². The van der Waals surface area contributed by atoms with E-state index in [-0.39, 0.29) is 9.45 Å². The maximum absolute atomic E-state index is 4.86. The number of allylic oxidation sites excluding steroid dienone is 2. The van der Waals surface area contributed by atoms with Crippen LogP contribution < -0.4 is 0 Å². The second-order valence-corrected chi connectivity index (χ2v) is 6.43. The zero-order chi connectivity index (χ0) is 12.4. The highest BCUT2D eigenvalue weighted by molar-refractivity contribution is 8.32. The lowest BCUT2D eigenvalue weighted by molar-refractivity contribution is 1.52. The zero-order valence-electron chi connectivity index (χ0n) is 9.74. The minimum Gasteiger partial charge on any atom is -0.0733 e. The SMILES string of the molecule is S=S1C=CC=C1.c1ccc2c(c1)-c1ccccc1-2. The fraction of sp³-hybridized carbons (Fsp3) is 0. The molecule has 0 spiro atoms. The third-order valence-corrected chi connectivity index (χ3v) is 4.49. The van der Waals surface area contributed by atoms with Gasteiger partial charge < -0.3 is 0 Å². The van der Waals surface area contributed by atoms with Crippen molar-refractivity contribution in [1.82, 2.24) is 0 Å². The normalized spacial score (nSPS) is 14.2. The molecule has 0 atom stereocenters. The smallest absolute Gasteiger partial charge is 0.00990 e. The minimum atomic E-state index is 0.0494. The lowest BCUT2D eigenvalue weighted by Crippen LogP contribution is -1.96. The molecule has 0 saturated heterocycles. The predicted octanol–water partition coefficient (Wildman–Crippen LogP) is 4.44. The predicted molar refractivity (Wildman–Crippen MR) is 83.9 cm³/mol. The Morgan fingerprint density at radius 3 is 1.17 bits per heavy atom. The van der Waals surface area contributed by atoms with E-state index in [1.54, 1.807) is 0 Å². The van der Waals surface area contributed by atoms with E-state index < -0.39 is 0 Å². The van der Waals surface area contributed by atoms with Gasteiger partial charge in [-0.1, -0.05) is 70.1 Å². The lowest BCUT2D eigenvalue weighted by Gasteiger charge is -2.22.